The van der Waals surface area contributed by atoms with Gasteiger partial charge in [-0.25, -0.2) is 4.39 Å². The molecule has 1 aromatic carbocycles. The molecule has 0 saturated carbocycles. The number of hydrogen-bond donors (Lipinski definition) is 0. The van der Waals surface area contributed by atoms with Crippen molar-refractivity contribution < 1.29 is 4.39 Å². The summed E-state index contributed by atoms with van der Waals surface area (Å²) < 4.78 is 13.0. The van der Waals surface area contributed by atoms with Crippen LogP contribution in [0.2, 0.25) is 0 Å². The van der Waals surface area contributed by atoms with Crippen molar-refractivity contribution in [1.29, 1.82) is 0 Å². The zero-order valence-electron chi connectivity index (χ0n) is 9.25. The normalized spacial score (nSPS) is 22.9. The van der Waals surface area contributed by atoms with Gasteiger partial charge in [0.15, 0.2) is 0 Å². The van der Waals surface area contributed by atoms with E-state index < -0.39 is 0 Å². The lowest BCUT2D eigenvalue weighted by Crippen LogP contribution is -2.36. The van der Waals surface area contributed by atoms with Crippen LogP contribution in [-0.4, -0.2) is 17.5 Å². The van der Waals surface area contributed by atoms with E-state index in [1.54, 1.807) is 12.1 Å². The molecule has 0 spiro atoms. The van der Waals surface area contributed by atoms with Crippen LogP contribution in [0.15, 0.2) is 24.3 Å². The lowest BCUT2D eigenvalue weighted by atomic mass is 10.0. The highest BCUT2D eigenvalue weighted by atomic mass is 19.1. The van der Waals surface area contributed by atoms with Crippen LogP contribution >= 0.6 is 0 Å². The monoisotopic (exact) mass is 207 g/mol. The summed E-state index contributed by atoms with van der Waals surface area (Å²) in [6.07, 6.45) is 3.88. The summed E-state index contributed by atoms with van der Waals surface area (Å²) in [6.45, 7) is 4.30. The van der Waals surface area contributed by atoms with Crippen molar-refractivity contribution in [2.24, 2.45) is 0 Å². The molecule has 1 fully saturated rings. The SMILES string of the molecule is CC1CCCCN1Cc1cccc(F)c1. The minimum atomic E-state index is -0.128. The summed E-state index contributed by atoms with van der Waals surface area (Å²) in [5.41, 5.74) is 1.09. The van der Waals surface area contributed by atoms with E-state index in [1.165, 1.54) is 25.3 Å². The van der Waals surface area contributed by atoms with Crippen LogP contribution in [-0.2, 0) is 6.54 Å². The average molecular weight is 207 g/mol. The summed E-state index contributed by atoms with van der Waals surface area (Å²) in [6, 6.07) is 7.58. The predicted octanol–water partition coefficient (Wildman–Crippen LogP) is 3.20. The number of hydrogen-bond acceptors (Lipinski definition) is 1. The van der Waals surface area contributed by atoms with Gasteiger partial charge in [0.2, 0.25) is 0 Å². The van der Waals surface area contributed by atoms with Gasteiger partial charge in [-0.3, -0.25) is 4.90 Å². The topological polar surface area (TPSA) is 3.24 Å². The Kier molecular flexibility index (Phi) is 3.37. The maximum atomic E-state index is 13.0. The summed E-state index contributed by atoms with van der Waals surface area (Å²) >= 11 is 0. The highest BCUT2D eigenvalue weighted by molar-refractivity contribution is 5.16. The van der Waals surface area contributed by atoms with Crippen LogP contribution in [0.4, 0.5) is 4.39 Å². The minimum Gasteiger partial charge on any atom is -0.296 e. The Balaban J connectivity index is 2.01. The first-order valence-corrected chi connectivity index (χ1v) is 5.74. The first-order valence-electron chi connectivity index (χ1n) is 5.74. The second-order valence-corrected chi connectivity index (χ2v) is 4.45. The number of benzene rings is 1. The van der Waals surface area contributed by atoms with Crippen molar-refractivity contribution >= 4 is 0 Å². The van der Waals surface area contributed by atoms with Crippen molar-refractivity contribution in [3.63, 3.8) is 0 Å². The fraction of sp³-hybridized carbons (Fsp3) is 0.538. The smallest absolute Gasteiger partial charge is 0.123 e. The van der Waals surface area contributed by atoms with Crippen LogP contribution < -0.4 is 0 Å². The van der Waals surface area contributed by atoms with Crippen LogP contribution in [0.5, 0.6) is 0 Å². The molecule has 1 aliphatic heterocycles. The van der Waals surface area contributed by atoms with Gasteiger partial charge in [-0.05, 0) is 44.0 Å². The number of likely N-dealkylation sites (tertiary alicyclic amines) is 1. The molecule has 0 N–H and O–H groups in total. The second kappa shape index (κ2) is 4.75. The third kappa shape index (κ3) is 2.78. The molecule has 2 heteroatoms. The van der Waals surface area contributed by atoms with Crippen molar-refractivity contribution in [1.82, 2.24) is 4.90 Å². The van der Waals surface area contributed by atoms with Gasteiger partial charge < -0.3 is 0 Å². The molecule has 0 aliphatic carbocycles. The molecule has 1 unspecified atom stereocenters. The van der Waals surface area contributed by atoms with E-state index in [-0.39, 0.29) is 5.82 Å². The van der Waals surface area contributed by atoms with Gasteiger partial charge in [0, 0.05) is 12.6 Å². The fourth-order valence-electron chi connectivity index (χ4n) is 2.26. The van der Waals surface area contributed by atoms with Crippen molar-refractivity contribution in [3.8, 4) is 0 Å². The Hall–Kier alpha value is -0.890. The molecule has 1 aliphatic rings. The number of piperidine rings is 1. The van der Waals surface area contributed by atoms with Gasteiger partial charge in [-0.15, -0.1) is 0 Å². The molecule has 1 nitrogen and oxygen atoms in total. The number of nitrogens with zero attached hydrogens (tertiary/aromatic N) is 1. The average Bonchev–Trinajstić information content (AvgIpc) is 2.22. The summed E-state index contributed by atoms with van der Waals surface area (Å²) in [5, 5.41) is 0. The molecule has 0 amide bonds. The van der Waals surface area contributed by atoms with Crippen LogP contribution in [0.1, 0.15) is 31.7 Å². The molecule has 1 heterocycles. The lowest BCUT2D eigenvalue weighted by molar-refractivity contribution is 0.152. The molecular weight excluding hydrogens is 189 g/mol. The summed E-state index contributed by atoms with van der Waals surface area (Å²) in [4.78, 5) is 2.44. The standard InChI is InChI=1S/C13H18FN/c1-11-5-2-3-8-15(11)10-12-6-4-7-13(14)9-12/h4,6-7,9,11H,2-3,5,8,10H2,1H3. The van der Waals surface area contributed by atoms with E-state index >= 15 is 0 Å². The van der Waals surface area contributed by atoms with E-state index in [9.17, 15) is 4.39 Å². The number of halogens is 1. The molecule has 1 aromatic rings. The first-order chi connectivity index (χ1) is 7.25. The van der Waals surface area contributed by atoms with Crippen LogP contribution in [0.3, 0.4) is 0 Å². The van der Waals surface area contributed by atoms with Gasteiger partial charge in [-0.1, -0.05) is 18.6 Å². The maximum absolute atomic E-state index is 13.0. The Morgan fingerprint density at radius 3 is 3.00 bits per heavy atom. The van der Waals surface area contributed by atoms with Crippen LogP contribution in [0, 0.1) is 5.82 Å². The van der Waals surface area contributed by atoms with Crippen molar-refractivity contribution in [2.45, 2.75) is 38.8 Å². The van der Waals surface area contributed by atoms with Gasteiger partial charge in [0.25, 0.3) is 0 Å². The van der Waals surface area contributed by atoms with Crippen molar-refractivity contribution in [3.05, 3.63) is 35.6 Å². The molecule has 82 valence electrons. The van der Waals surface area contributed by atoms with E-state index in [2.05, 4.69) is 11.8 Å². The largest absolute Gasteiger partial charge is 0.296 e. The fourth-order valence-corrected chi connectivity index (χ4v) is 2.26. The Morgan fingerprint density at radius 1 is 1.40 bits per heavy atom. The Labute approximate surface area is 90.9 Å². The van der Waals surface area contributed by atoms with E-state index in [0.717, 1.165) is 18.7 Å². The highest BCUT2D eigenvalue weighted by Gasteiger charge is 2.17. The molecule has 0 bridgehead atoms. The number of rotatable bonds is 2. The van der Waals surface area contributed by atoms with E-state index in [0.29, 0.717) is 6.04 Å². The van der Waals surface area contributed by atoms with Gasteiger partial charge in [0.05, 0.1) is 0 Å². The molecule has 15 heavy (non-hydrogen) atoms. The molecule has 0 aromatic heterocycles. The quantitative estimate of drug-likeness (QED) is 0.720. The van der Waals surface area contributed by atoms with Crippen LogP contribution in [0.25, 0.3) is 0 Å². The summed E-state index contributed by atoms with van der Waals surface area (Å²) in [7, 11) is 0. The van der Waals surface area contributed by atoms with Crippen molar-refractivity contribution in [2.75, 3.05) is 6.54 Å². The van der Waals surface area contributed by atoms with Gasteiger partial charge in [0.1, 0.15) is 5.82 Å². The van der Waals surface area contributed by atoms with Gasteiger partial charge >= 0.3 is 0 Å². The van der Waals surface area contributed by atoms with E-state index in [1.807, 2.05) is 6.07 Å². The molecule has 0 radical (unpaired) electrons. The molecule has 2 rings (SSSR count). The lowest BCUT2D eigenvalue weighted by Gasteiger charge is -2.33. The highest BCUT2D eigenvalue weighted by Crippen LogP contribution is 2.19. The predicted molar refractivity (Wildman–Crippen MR) is 60.1 cm³/mol. The first kappa shape index (κ1) is 10.6. The second-order valence-electron chi connectivity index (χ2n) is 4.45. The zero-order valence-corrected chi connectivity index (χ0v) is 9.25. The Morgan fingerprint density at radius 2 is 2.27 bits per heavy atom. The molecular formula is C13H18FN. The maximum Gasteiger partial charge on any atom is 0.123 e. The van der Waals surface area contributed by atoms with Gasteiger partial charge in [-0.2, -0.15) is 0 Å². The molecule has 1 atom stereocenters. The molecule has 1 saturated heterocycles. The Bertz CT molecular complexity index is 324. The van der Waals surface area contributed by atoms with E-state index in [4.69, 9.17) is 0 Å². The third-order valence-electron chi connectivity index (χ3n) is 3.22. The third-order valence-corrected chi connectivity index (χ3v) is 3.22. The zero-order chi connectivity index (χ0) is 10.7. The minimum absolute atomic E-state index is 0.128. The summed E-state index contributed by atoms with van der Waals surface area (Å²) in [5.74, 6) is -0.128.